The SMILES string of the molecule is CC1CN(c2nnc(Br)s2)C(C)CO1. The van der Waals surface area contributed by atoms with Crippen molar-refractivity contribution in [2.75, 3.05) is 18.1 Å². The van der Waals surface area contributed by atoms with Crippen LogP contribution in [0.25, 0.3) is 0 Å². The van der Waals surface area contributed by atoms with Crippen molar-refractivity contribution in [3.8, 4) is 0 Å². The van der Waals surface area contributed by atoms with Gasteiger partial charge in [-0.2, -0.15) is 0 Å². The van der Waals surface area contributed by atoms with E-state index in [0.717, 1.165) is 22.2 Å². The maximum Gasteiger partial charge on any atom is 0.209 e. The molecule has 4 nitrogen and oxygen atoms in total. The Morgan fingerprint density at radius 3 is 2.93 bits per heavy atom. The maximum atomic E-state index is 5.55. The third-order valence-electron chi connectivity index (χ3n) is 2.24. The van der Waals surface area contributed by atoms with Gasteiger partial charge in [-0.05, 0) is 29.8 Å². The first-order chi connectivity index (χ1) is 6.66. The van der Waals surface area contributed by atoms with Crippen molar-refractivity contribution in [1.82, 2.24) is 10.2 Å². The monoisotopic (exact) mass is 277 g/mol. The van der Waals surface area contributed by atoms with E-state index < -0.39 is 0 Å². The third kappa shape index (κ3) is 2.07. The molecule has 14 heavy (non-hydrogen) atoms. The first kappa shape index (κ1) is 10.3. The molecule has 0 aromatic carbocycles. The van der Waals surface area contributed by atoms with Gasteiger partial charge in [0.05, 0.1) is 18.8 Å². The molecule has 0 amide bonds. The van der Waals surface area contributed by atoms with Gasteiger partial charge in [-0.3, -0.25) is 0 Å². The summed E-state index contributed by atoms with van der Waals surface area (Å²) in [5.74, 6) is 0. The van der Waals surface area contributed by atoms with Crippen molar-refractivity contribution in [2.45, 2.75) is 26.0 Å². The highest BCUT2D eigenvalue weighted by atomic mass is 79.9. The minimum Gasteiger partial charge on any atom is -0.375 e. The third-order valence-corrected chi connectivity index (χ3v) is 3.64. The molecule has 2 heterocycles. The largest absolute Gasteiger partial charge is 0.375 e. The summed E-state index contributed by atoms with van der Waals surface area (Å²) in [6.45, 7) is 5.87. The molecule has 0 radical (unpaired) electrons. The van der Waals surface area contributed by atoms with E-state index in [-0.39, 0.29) is 6.10 Å². The summed E-state index contributed by atoms with van der Waals surface area (Å²) in [7, 11) is 0. The van der Waals surface area contributed by atoms with Gasteiger partial charge >= 0.3 is 0 Å². The van der Waals surface area contributed by atoms with Crippen LogP contribution in [0.3, 0.4) is 0 Å². The number of halogens is 1. The van der Waals surface area contributed by atoms with Crippen LogP contribution >= 0.6 is 27.3 Å². The zero-order chi connectivity index (χ0) is 10.1. The van der Waals surface area contributed by atoms with Crippen LogP contribution < -0.4 is 4.90 Å². The number of morpholine rings is 1. The van der Waals surface area contributed by atoms with Crippen molar-refractivity contribution in [1.29, 1.82) is 0 Å². The van der Waals surface area contributed by atoms with Gasteiger partial charge in [-0.25, -0.2) is 0 Å². The van der Waals surface area contributed by atoms with E-state index in [1.165, 1.54) is 0 Å². The number of hydrogen-bond donors (Lipinski definition) is 0. The minimum absolute atomic E-state index is 0.272. The van der Waals surface area contributed by atoms with Gasteiger partial charge in [-0.15, -0.1) is 10.2 Å². The number of hydrogen-bond acceptors (Lipinski definition) is 5. The van der Waals surface area contributed by atoms with E-state index in [4.69, 9.17) is 4.74 Å². The molecule has 2 atom stereocenters. The summed E-state index contributed by atoms with van der Waals surface area (Å²) < 4.78 is 6.38. The molecule has 6 heteroatoms. The van der Waals surface area contributed by atoms with E-state index in [1.807, 2.05) is 0 Å². The van der Waals surface area contributed by atoms with Crippen molar-refractivity contribution in [3.63, 3.8) is 0 Å². The minimum atomic E-state index is 0.272. The van der Waals surface area contributed by atoms with E-state index >= 15 is 0 Å². The van der Waals surface area contributed by atoms with Crippen LogP contribution in [0.5, 0.6) is 0 Å². The van der Waals surface area contributed by atoms with Crippen LogP contribution in [0.1, 0.15) is 13.8 Å². The lowest BCUT2D eigenvalue weighted by Crippen LogP contribution is -2.47. The molecule has 1 aliphatic heterocycles. The van der Waals surface area contributed by atoms with Gasteiger partial charge < -0.3 is 9.64 Å². The van der Waals surface area contributed by atoms with Crippen LogP contribution in [0, 0.1) is 0 Å². The van der Waals surface area contributed by atoms with E-state index in [1.54, 1.807) is 11.3 Å². The average Bonchev–Trinajstić information content (AvgIpc) is 2.56. The van der Waals surface area contributed by atoms with Crippen LogP contribution in [-0.4, -0.2) is 35.5 Å². The van der Waals surface area contributed by atoms with Gasteiger partial charge in [0.1, 0.15) is 0 Å². The predicted molar refractivity (Wildman–Crippen MR) is 59.8 cm³/mol. The molecule has 0 saturated carbocycles. The molecule has 0 spiro atoms. The van der Waals surface area contributed by atoms with Crippen LogP contribution in [-0.2, 0) is 4.74 Å². The van der Waals surface area contributed by atoms with Crippen molar-refractivity contribution < 1.29 is 4.74 Å². The van der Waals surface area contributed by atoms with Crippen molar-refractivity contribution in [3.05, 3.63) is 3.92 Å². The molecule has 0 bridgehead atoms. The highest BCUT2D eigenvalue weighted by Gasteiger charge is 2.25. The van der Waals surface area contributed by atoms with Gasteiger partial charge in [0.2, 0.25) is 5.13 Å². The van der Waals surface area contributed by atoms with Crippen LogP contribution in [0.2, 0.25) is 0 Å². The van der Waals surface area contributed by atoms with Gasteiger partial charge in [0.15, 0.2) is 3.92 Å². The molecule has 1 aliphatic rings. The summed E-state index contributed by atoms with van der Waals surface area (Å²) in [6, 6.07) is 0.381. The lowest BCUT2D eigenvalue weighted by Gasteiger charge is -2.36. The predicted octanol–water partition coefficient (Wildman–Crippen LogP) is 1.91. The Bertz CT molecular complexity index is 319. The first-order valence-corrected chi connectivity index (χ1v) is 6.15. The molecule has 0 N–H and O–H groups in total. The van der Waals surface area contributed by atoms with Gasteiger partial charge in [-0.1, -0.05) is 11.3 Å². The molecule has 1 aromatic rings. The number of aromatic nitrogens is 2. The van der Waals surface area contributed by atoms with E-state index in [9.17, 15) is 0 Å². The second kappa shape index (κ2) is 4.12. The summed E-state index contributed by atoms with van der Waals surface area (Å²) in [5.41, 5.74) is 0. The average molecular weight is 278 g/mol. The molecular formula is C8H12BrN3OS. The summed E-state index contributed by atoms with van der Waals surface area (Å²) >= 11 is 4.89. The summed E-state index contributed by atoms with van der Waals surface area (Å²) in [6.07, 6.45) is 0.272. The number of ether oxygens (including phenoxy) is 1. The molecule has 78 valence electrons. The lowest BCUT2D eigenvalue weighted by molar-refractivity contribution is 0.0343. The topological polar surface area (TPSA) is 38.2 Å². The highest BCUT2D eigenvalue weighted by molar-refractivity contribution is 9.11. The Hall–Kier alpha value is -0.200. The standard InChI is InChI=1S/C8H12BrN3OS/c1-5-4-13-6(2)3-12(5)8-11-10-7(9)14-8/h5-6H,3-4H2,1-2H3. The number of rotatable bonds is 1. The summed E-state index contributed by atoms with van der Waals surface area (Å²) in [5, 5.41) is 9.04. The second-order valence-electron chi connectivity index (χ2n) is 3.48. The van der Waals surface area contributed by atoms with E-state index in [0.29, 0.717) is 6.04 Å². The fraction of sp³-hybridized carbons (Fsp3) is 0.750. The van der Waals surface area contributed by atoms with Crippen LogP contribution in [0.4, 0.5) is 5.13 Å². The Labute approximate surface area is 95.4 Å². The van der Waals surface area contributed by atoms with E-state index in [2.05, 4.69) is 44.9 Å². The first-order valence-electron chi connectivity index (χ1n) is 4.54. The Balaban J connectivity index is 2.15. The zero-order valence-corrected chi connectivity index (χ0v) is 10.5. The molecule has 1 saturated heterocycles. The Morgan fingerprint density at radius 2 is 2.29 bits per heavy atom. The van der Waals surface area contributed by atoms with Gasteiger partial charge in [0.25, 0.3) is 0 Å². The second-order valence-corrected chi connectivity index (χ2v) is 5.71. The molecule has 2 rings (SSSR count). The molecular weight excluding hydrogens is 266 g/mol. The van der Waals surface area contributed by atoms with Crippen molar-refractivity contribution >= 4 is 32.4 Å². The lowest BCUT2D eigenvalue weighted by atomic mass is 10.2. The number of nitrogens with zero attached hydrogens (tertiary/aromatic N) is 3. The normalized spacial score (nSPS) is 28.1. The Morgan fingerprint density at radius 1 is 1.50 bits per heavy atom. The Kier molecular flexibility index (Phi) is 3.04. The molecule has 1 aromatic heterocycles. The van der Waals surface area contributed by atoms with Crippen LogP contribution in [0.15, 0.2) is 3.92 Å². The zero-order valence-electron chi connectivity index (χ0n) is 8.11. The smallest absolute Gasteiger partial charge is 0.209 e. The summed E-state index contributed by atoms with van der Waals surface area (Å²) in [4.78, 5) is 2.25. The highest BCUT2D eigenvalue weighted by Crippen LogP contribution is 2.27. The van der Waals surface area contributed by atoms with Gasteiger partial charge in [0, 0.05) is 6.54 Å². The molecule has 1 fully saturated rings. The quantitative estimate of drug-likeness (QED) is 0.786. The number of anilines is 1. The maximum absolute atomic E-state index is 5.55. The fourth-order valence-electron chi connectivity index (χ4n) is 1.48. The fourth-order valence-corrected chi connectivity index (χ4v) is 2.68. The molecule has 0 aliphatic carbocycles. The van der Waals surface area contributed by atoms with Crippen molar-refractivity contribution in [2.24, 2.45) is 0 Å². The molecule has 2 unspecified atom stereocenters.